The highest BCUT2D eigenvalue weighted by molar-refractivity contribution is 6.23. The smallest absolute Gasteiger partial charge is 0.262 e. The minimum atomic E-state index is -0.709. The Morgan fingerprint density at radius 3 is 2.81 bits per heavy atom. The van der Waals surface area contributed by atoms with Gasteiger partial charge in [-0.15, -0.1) is 0 Å². The molecule has 4 rings (SSSR count). The molecule has 140 valence electrons. The van der Waals surface area contributed by atoms with Crippen molar-refractivity contribution in [3.8, 4) is 11.4 Å². The van der Waals surface area contributed by atoms with Gasteiger partial charge in [-0.1, -0.05) is 0 Å². The number of halogens is 1. The van der Waals surface area contributed by atoms with E-state index in [1.165, 1.54) is 12.1 Å². The number of hydrogen-bond donors (Lipinski definition) is 2. The fraction of sp³-hybridized carbons (Fsp3) is 0.278. The van der Waals surface area contributed by atoms with Crippen molar-refractivity contribution in [1.29, 1.82) is 0 Å². The van der Waals surface area contributed by atoms with Crippen molar-refractivity contribution in [2.24, 2.45) is 0 Å². The first-order valence-corrected chi connectivity index (χ1v) is 8.41. The number of pyridine rings is 1. The number of aromatic nitrogens is 1. The highest BCUT2D eigenvalue weighted by atomic mass is 19.1. The lowest BCUT2D eigenvalue weighted by molar-refractivity contribution is 0.0679. The van der Waals surface area contributed by atoms with Crippen LogP contribution in [0.1, 0.15) is 33.6 Å². The van der Waals surface area contributed by atoms with Crippen molar-refractivity contribution in [2.45, 2.75) is 18.9 Å². The summed E-state index contributed by atoms with van der Waals surface area (Å²) in [4.78, 5) is 36.3. The lowest BCUT2D eigenvalue weighted by atomic mass is 10.1. The number of fused-ring (bicyclic) bond motifs is 1. The molecule has 1 atom stereocenters. The summed E-state index contributed by atoms with van der Waals surface area (Å²) in [5.74, 6) is -2.06. The largest absolute Gasteiger partial charge is 0.489 e. The Kier molecular flexibility index (Phi) is 4.15. The van der Waals surface area contributed by atoms with E-state index in [0.717, 1.165) is 29.5 Å². The molecule has 0 spiro atoms. The van der Waals surface area contributed by atoms with Crippen LogP contribution in [-0.4, -0.2) is 35.7 Å². The number of carbonyl (C=O) groups is 2. The molecule has 1 saturated heterocycles. The number of hydrogen-bond acceptors (Lipinski definition) is 6. The van der Waals surface area contributed by atoms with E-state index >= 15 is 0 Å². The molecule has 0 bridgehead atoms. The van der Waals surface area contributed by atoms with Crippen LogP contribution in [0.3, 0.4) is 0 Å². The second-order valence-corrected chi connectivity index (χ2v) is 6.33. The molecule has 1 unspecified atom stereocenters. The van der Waals surface area contributed by atoms with E-state index in [4.69, 9.17) is 15.2 Å². The lowest BCUT2D eigenvalue weighted by Gasteiger charge is -2.18. The van der Waals surface area contributed by atoms with Gasteiger partial charge in [-0.2, -0.15) is 0 Å². The summed E-state index contributed by atoms with van der Waals surface area (Å²) < 4.78 is 26.1. The number of nitrogens with one attached hydrogen (secondary N) is 1. The Balaban J connectivity index is 1.80. The van der Waals surface area contributed by atoms with Gasteiger partial charge in [0.25, 0.3) is 17.4 Å². The van der Waals surface area contributed by atoms with Gasteiger partial charge in [-0.25, -0.2) is 4.39 Å². The van der Waals surface area contributed by atoms with Gasteiger partial charge in [0.1, 0.15) is 24.0 Å². The molecule has 27 heavy (non-hydrogen) atoms. The van der Waals surface area contributed by atoms with Gasteiger partial charge in [0.05, 0.1) is 22.9 Å². The summed E-state index contributed by atoms with van der Waals surface area (Å²) in [7, 11) is 0. The Hall–Kier alpha value is -3.20. The zero-order valence-corrected chi connectivity index (χ0v) is 14.2. The fourth-order valence-electron chi connectivity index (χ4n) is 3.27. The maximum atomic E-state index is 13.9. The number of rotatable bonds is 4. The van der Waals surface area contributed by atoms with Gasteiger partial charge in [0, 0.05) is 18.7 Å². The number of carbonyl (C=O) groups excluding carboxylic acids is 2. The Morgan fingerprint density at radius 2 is 2.07 bits per heavy atom. The molecule has 2 amide bonds. The minimum Gasteiger partial charge on any atom is -0.489 e. The van der Waals surface area contributed by atoms with E-state index in [2.05, 4.69) is 5.32 Å². The van der Waals surface area contributed by atoms with Crippen LogP contribution in [0.4, 0.5) is 10.2 Å². The highest BCUT2D eigenvalue weighted by Gasteiger charge is 2.32. The Morgan fingerprint density at radius 1 is 1.26 bits per heavy atom. The first-order valence-electron chi connectivity index (χ1n) is 8.41. The highest BCUT2D eigenvalue weighted by Crippen LogP contribution is 2.29. The molecule has 0 radical (unpaired) electrons. The van der Waals surface area contributed by atoms with Crippen LogP contribution in [0.2, 0.25) is 0 Å². The van der Waals surface area contributed by atoms with Crippen LogP contribution < -0.4 is 21.3 Å². The van der Waals surface area contributed by atoms with E-state index in [-0.39, 0.29) is 41.1 Å². The van der Waals surface area contributed by atoms with Gasteiger partial charge < -0.3 is 15.2 Å². The second kappa shape index (κ2) is 6.51. The quantitative estimate of drug-likeness (QED) is 0.773. The maximum absolute atomic E-state index is 13.9. The van der Waals surface area contributed by atoms with Gasteiger partial charge in [-0.3, -0.25) is 24.3 Å². The molecule has 2 aliphatic heterocycles. The number of ether oxygens (including phenoxy) is 2. The molecule has 3 heterocycles. The fourth-order valence-corrected chi connectivity index (χ4v) is 3.27. The molecule has 8 nitrogen and oxygen atoms in total. The summed E-state index contributed by atoms with van der Waals surface area (Å²) >= 11 is 0. The number of nitrogen functional groups attached to an aromatic ring is 1. The van der Waals surface area contributed by atoms with Gasteiger partial charge >= 0.3 is 0 Å². The summed E-state index contributed by atoms with van der Waals surface area (Å²) in [6.45, 7) is 0.891. The van der Waals surface area contributed by atoms with Crippen molar-refractivity contribution in [3.05, 3.63) is 51.6 Å². The van der Waals surface area contributed by atoms with Crippen LogP contribution in [-0.2, 0) is 4.74 Å². The molecular formula is C18H16FN3O5. The summed E-state index contributed by atoms with van der Waals surface area (Å²) in [5, 5.41) is 2.09. The third-order valence-electron chi connectivity index (χ3n) is 4.56. The number of nitrogens with two attached hydrogens (primary N) is 1. The average Bonchev–Trinajstić information content (AvgIpc) is 3.22. The van der Waals surface area contributed by atoms with Crippen LogP contribution in [0, 0.1) is 5.82 Å². The van der Waals surface area contributed by atoms with Crippen LogP contribution >= 0.6 is 0 Å². The molecule has 2 aromatic rings. The molecule has 3 N–H and O–H groups in total. The molecular weight excluding hydrogens is 357 g/mol. The van der Waals surface area contributed by atoms with Crippen LogP contribution in [0.25, 0.3) is 5.69 Å². The third-order valence-corrected chi connectivity index (χ3v) is 4.56. The third kappa shape index (κ3) is 2.95. The van der Waals surface area contributed by atoms with E-state index in [1.54, 1.807) is 0 Å². The van der Waals surface area contributed by atoms with Crippen molar-refractivity contribution in [2.75, 3.05) is 18.9 Å². The van der Waals surface area contributed by atoms with Crippen molar-refractivity contribution >= 4 is 17.6 Å². The summed E-state index contributed by atoms with van der Waals surface area (Å²) in [6.07, 6.45) is 1.70. The number of anilines is 1. The van der Waals surface area contributed by atoms with Crippen molar-refractivity contribution < 1.29 is 23.5 Å². The van der Waals surface area contributed by atoms with Crippen molar-refractivity contribution in [3.63, 3.8) is 0 Å². The van der Waals surface area contributed by atoms with E-state index in [1.807, 2.05) is 0 Å². The molecule has 1 aromatic carbocycles. The van der Waals surface area contributed by atoms with Gasteiger partial charge in [0.2, 0.25) is 0 Å². The van der Waals surface area contributed by atoms with Crippen LogP contribution in [0.5, 0.6) is 5.75 Å². The van der Waals surface area contributed by atoms with Gasteiger partial charge in [-0.05, 0) is 25.0 Å². The number of benzene rings is 1. The molecule has 1 fully saturated rings. The minimum absolute atomic E-state index is 0.0467. The SMILES string of the molecule is Nc1c2c(cc(=O)n1-c1cc(F)ccc1OCC1CCCO1)C(=O)NC2=O. The Bertz CT molecular complexity index is 1010. The predicted octanol–water partition coefficient (Wildman–Crippen LogP) is 1.00. The van der Waals surface area contributed by atoms with E-state index in [0.29, 0.717) is 6.61 Å². The summed E-state index contributed by atoms with van der Waals surface area (Å²) in [5.41, 5.74) is 5.16. The van der Waals surface area contributed by atoms with E-state index in [9.17, 15) is 18.8 Å². The Labute approximate surface area is 152 Å². The monoisotopic (exact) mass is 373 g/mol. The first-order chi connectivity index (χ1) is 13.0. The zero-order valence-electron chi connectivity index (χ0n) is 14.2. The van der Waals surface area contributed by atoms with Gasteiger partial charge in [0.15, 0.2) is 0 Å². The molecule has 1 aromatic heterocycles. The van der Waals surface area contributed by atoms with Crippen LogP contribution in [0.15, 0.2) is 29.1 Å². The molecule has 2 aliphatic rings. The molecule has 9 heteroatoms. The molecule has 0 saturated carbocycles. The number of imide groups is 1. The normalized spacial score (nSPS) is 18.5. The summed E-state index contributed by atoms with van der Waals surface area (Å²) in [6, 6.07) is 4.66. The topological polar surface area (TPSA) is 113 Å². The standard InChI is InChI=1S/C18H16FN3O5/c19-9-3-4-13(27-8-10-2-1-5-26-10)12(6-9)22-14(23)7-11-15(16(22)20)18(25)21-17(11)24/h3-4,6-7,10H,1-2,5,8,20H2,(H,21,24,25). The number of amides is 2. The predicted molar refractivity (Wildman–Crippen MR) is 92.7 cm³/mol. The first kappa shape index (κ1) is 17.2. The van der Waals surface area contributed by atoms with Crippen molar-refractivity contribution in [1.82, 2.24) is 9.88 Å². The second-order valence-electron chi connectivity index (χ2n) is 6.33. The zero-order chi connectivity index (χ0) is 19.1. The van der Waals surface area contributed by atoms with E-state index < -0.39 is 23.2 Å². The molecule has 0 aliphatic carbocycles. The average molecular weight is 373 g/mol. The lowest BCUT2D eigenvalue weighted by Crippen LogP contribution is -2.25. The number of nitrogens with zero attached hydrogens (tertiary/aromatic N) is 1. The maximum Gasteiger partial charge on any atom is 0.262 e.